The molecule has 0 aliphatic rings. The van der Waals surface area contributed by atoms with Gasteiger partial charge in [-0.25, -0.2) is 0 Å². The van der Waals surface area contributed by atoms with Crippen LogP contribution in [-0.2, 0) is 13.1 Å². The molecular formula is C24H28N2O. The lowest BCUT2D eigenvalue weighted by Gasteiger charge is -2.26. The monoisotopic (exact) mass is 360 g/mol. The zero-order valence-corrected chi connectivity index (χ0v) is 16.4. The maximum atomic E-state index is 13.2. The normalized spacial score (nSPS) is 11.0. The van der Waals surface area contributed by atoms with Gasteiger partial charge < -0.3 is 9.47 Å². The third kappa shape index (κ3) is 4.88. The van der Waals surface area contributed by atoms with Gasteiger partial charge in [-0.1, -0.05) is 62.4 Å². The maximum Gasteiger partial charge on any atom is 0.254 e. The van der Waals surface area contributed by atoms with Gasteiger partial charge >= 0.3 is 0 Å². The predicted molar refractivity (Wildman–Crippen MR) is 111 cm³/mol. The van der Waals surface area contributed by atoms with E-state index in [0.29, 0.717) is 12.5 Å². The minimum absolute atomic E-state index is 0.106. The number of amides is 1. The number of carbonyl (C=O) groups is 1. The first-order valence-corrected chi connectivity index (χ1v) is 9.57. The van der Waals surface area contributed by atoms with E-state index in [1.54, 1.807) is 0 Å². The molecule has 0 unspecified atom stereocenters. The van der Waals surface area contributed by atoms with E-state index in [-0.39, 0.29) is 5.91 Å². The van der Waals surface area contributed by atoms with Gasteiger partial charge in [-0.15, -0.1) is 0 Å². The van der Waals surface area contributed by atoms with Gasteiger partial charge in [-0.2, -0.15) is 0 Å². The van der Waals surface area contributed by atoms with E-state index in [9.17, 15) is 4.79 Å². The quantitative estimate of drug-likeness (QED) is 0.572. The highest BCUT2D eigenvalue weighted by Gasteiger charge is 2.20. The number of nitrogens with zero attached hydrogens (tertiary/aromatic N) is 2. The standard InChI is InChI=1S/C24H28N2O/c1-19(2)16-26(24(27)23-14-8-7-10-20(23)3)18-22-13-9-15-25(22)17-21-11-5-4-6-12-21/h4-15,19H,16-18H2,1-3H3. The molecule has 3 nitrogen and oxygen atoms in total. The Morgan fingerprint density at radius 1 is 0.963 bits per heavy atom. The fourth-order valence-corrected chi connectivity index (χ4v) is 3.37. The van der Waals surface area contributed by atoms with Crippen molar-refractivity contribution in [1.82, 2.24) is 9.47 Å². The zero-order chi connectivity index (χ0) is 19.2. The minimum Gasteiger partial charge on any atom is -0.345 e. The van der Waals surface area contributed by atoms with Crippen molar-refractivity contribution in [2.45, 2.75) is 33.9 Å². The second kappa shape index (κ2) is 8.72. The number of benzene rings is 2. The summed E-state index contributed by atoms with van der Waals surface area (Å²) in [5.74, 6) is 0.518. The number of aromatic nitrogens is 1. The van der Waals surface area contributed by atoms with Gasteiger partial charge in [0.1, 0.15) is 0 Å². The third-order valence-corrected chi connectivity index (χ3v) is 4.72. The molecule has 0 aliphatic heterocycles. The van der Waals surface area contributed by atoms with Gasteiger partial charge in [0.2, 0.25) is 0 Å². The van der Waals surface area contributed by atoms with Crippen molar-refractivity contribution in [3.63, 3.8) is 0 Å². The highest BCUT2D eigenvalue weighted by atomic mass is 16.2. The van der Waals surface area contributed by atoms with Gasteiger partial charge in [0.25, 0.3) is 5.91 Å². The van der Waals surface area contributed by atoms with Crippen molar-refractivity contribution in [1.29, 1.82) is 0 Å². The molecule has 1 aromatic heterocycles. The van der Waals surface area contributed by atoms with Crippen LogP contribution in [-0.4, -0.2) is 21.9 Å². The van der Waals surface area contributed by atoms with Crippen LogP contribution in [0.3, 0.4) is 0 Å². The lowest BCUT2D eigenvalue weighted by molar-refractivity contribution is 0.0718. The lowest BCUT2D eigenvalue weighted by Crippen LogP contribution is -2.34. The molecule has 140 valence electrons. The van der Waals surface area contributed by atoms with Crippen molar-refractivity contribution in [2.75, 3.05) is 6.54 Å². The van der Waals surface area contributed by atoms with Gasteiger partial charge in [0, 0.05) is 30.5 Å². The number of rotatable bonds is 7. The Kier molecular flexibility index (Phi) is 6.12. The number of hydrogen-bond donors (Lipinski definition) is 0. The lowest BCUT2D eigenvalue weighted by atomic mass is 10.1. The summed E-state index contributed by atoms with van der Waals surface area (Å²) >= 11 is 0. The van der Waals surface area contributed by atoms with Crippen LogP contribution in [0.4, 0.5) is 0 Å². The smallest absolute Gasteiger partial charge is 0.254 e. The Hall–Kier alpha value is -2.81. The van der Waals surface area contributed by atoms with Crippen LogP contribution in [0.2, 0.25) is 0 Å². The Bertz CT molecular complexity index is 880. The highest BCUT2D eigenvalue weighted by molar-refractivity contribution is 5.95. The first kappa shape index (κ1) is 19.0. The molecule has 0 N–H and O–H groups in total. The summed E-state index contributed by atoms with van der Waals surface area (Å²) in [6, 6.07) is 22.4. The molecule has 0 aliphatic carbocycles. The molecule has 0 bridgehead atoms. The average Bonchev–Trinajstić information content (AvgIpc) is 3.08. The molecule has 0 saturated heterocycles. The zero-order valence-electron chi connectivity index (χ0n) is 16.4. The Balaban J connectivity index is 1.83. The van der Waals surface area contributed by atoms with Gasteiger partial charge in [0.05, 0.1) is 6.54 Å². The summed E-state index contributed by atoms with van der Waals surface area (Å²) < 4.78 is 2.23. The molecule has 1 amide bonds. The summed E-state index contributed by atoms with van der Waals surface area (Å²) in [6.45, 7) is 8.48. The molecule has 0 spiro atoms. The van der Waals surface area contributed by atoms with Crippen LogP contribution >= 0.6 is 0 Å². The van der Waals surface area contributed by atoms with E-state index in [1.807, 2.05) is 42.2 Å². The van der Waals surface area contributed by atoms with Gasteiger partial charge in [-0.05, 0) is 42.2 Å². The summed E-state index contributed by atoms with van der Waals surface area (Å²) in [4.78, 5) is 15.2. The van der Waals surface area contributed by atoms with Crippen LogP contribution in [0.1, 0.15) is 41.0 Å². The molecular weight excluding hydrogens is 332 g/mol. The molecule has 0 atom stereocenters. The van der Waals surface area contributed by atoms with Crippen LogP contribution in [0.15, 0.2) is 72.9 Å². The van der Waals surface area contributed by atoms with E-state index in [0.717, 1.165) is 29.9 Å². The molecule has 27 heavy (non-hydrogen) atoms. The molecule has 0 fully saturated rings. The van der Waals surface area contributed by atoms with Crippen LogP contribution in [0.25, 0.3) is 0 Å². The third-order valence-electron chi connectivity index (χ3n) is 4.72. The molecule has 3 rings (SSSR count). The molecule has 1 heterocycles. The highest BCUT2D eigenvalue weighted by Crippen LogP contribution is 2.17. The maximum absolute atomic E-state index is 13.2. The summed E-state index contributed by atoms with van der Waals surface area (Å²) in [6.07, 6.45) is 2.09. The second-order valence-corrected chi connectivity index (χ2v) is 7.51. The first-order chi connectivity index (χ1) is 13.0. The first-order valence-electron chi connectivity index (χ1n) is 9.57. The van der Waals surface area contributed by atoms with E-state index in [2.05, 4.69) is 61.0 Å². The minimum atomic E-state index is 0.106. The van der Waals surface area contributed by atoms with Crippen LogP contribution < -0.4 is 0 Å². The Morgan fingerprint density at radius 3 is 2.37 bits per heavy atom. The fourth-order valence-electron chi connectivity index (χ4n) is 3.37. The SMILES string of the molecule is Cc1ccccc1C(=O)N(Cc1cccn1Cc1ccccc1)CC(C)C. The summed E-state index contributed by atoms with van der Waals surface area (Å²) in [5.41, 5.74) is 4.23. The van der Waals surface area contributed by atoms with E-state index < -0.39 is 0 Å². The number of aryl methyl sites for hydroxylation is 1. The predicted octanol–water partition coefficient (Wildman–Crippen LogP) is 5.14. The fraction of sp³-hybridized carbons (Fsp3) is 0.292. The second-order valence-electron chi connectivity index (χ2n) is 7.51. The van der Waals surface area contributed by atoms with Crippen molar-refractivity contribution in [3.05, 3.63) is 95.3 Å². The van der Waals surface area contributed by atoms with E-state index in [1.165, 1.54) is 5.56 Å². The molecule has 3 heteroatoms. The van der Waals surface area contributed by atoms with E-state index >= 15 is 0 Å². The summed E-state index contributed by atoms with van der Waals surface area (Å²) in [7, 11) is 0. The van der Waals surface area contributed by atoms with Crippen molar-refractivity contribution in [2.24, 2.45) is 5.92 Å². The van der Waals surface area contributed by atoms with Crippen molar-refractivity contribution < 1.29 is 4.79 Å². The topological polar surface area (TPSA) is 25.2 Å². The molecule has 0 radical (unpaired) electrons. The van der Waals surface area contributed by atoms with Crippen molar-refractivity contribution in [3.8, 4) is 0 Å². The summed E-state index contributed by atoms with van der Waals surface area (Å²) in [5, 5.41) is 0. The average molecular weight is 361 g/mol. The molecule has 2 aromatic carbocycles. The van der Waals surface area contributed by atoms with E-state index in [4.69, 9.17) is 0 Å². The van der Waals surface area contributed by atoms with Crippen molar-refractivity contribution >= 4 is 5.91 Å². The van der Waals surface area contributed by atoms with Gasteiger partial charge in [-0.3, -0.25) is 4.79 Å². The molecule has 0 saturated carbocycles. The van der Waals surface area contributed by atoms with Crippen LogP contribution in [0.5, 0.6) is 0 Å². The molecule has 3 aromatic rings. The van der Waals surface area contributed by atoms with Gasteiger partial charge in [0.15, 0.2) is 0 Å². The van der Waals surface area contributed by atoms with Crippen LogP contribution in [0, 0.1) is 12.8 Å². The Labute approximate surface area is 162 Å². The number of carbonyl (C=O) groups excluding carboxylic acids is 1. The largest absolute Gasteiger partial charge is 0.345 e. The Morgan fingerprint density at radius 2 is 1.67 bits per heavy atom. The number of hydrogen-bond acceptors (Lipinski definition) is 1.